The van der Waals surface area contributed by atoms with Crippen molar-refractivity contribution in [1.82, 2.24) is 16.0 Å². The molecule has 0 aromatic heterocycles. The maximum Gasteiger partial charge on any atom is 0.326 e. The van der Waals surface area contributed by atoms with Gasteiger partial charge in [-0.3, -0.25) is 24.0 Å². The number of carbonyl (C=O) groups excluding carboxylic acids is 3. The molecule has 0 heterocycles. The number of nitrogens with two attached hydrogens (primary N) is 1. The summed E-state index contributed by atoms with van der Waals surface area (Å²) in [5, 5.41) is 34.1. The van der Waals surface area contributed by atoms with Crippen LogP contribution in [0.5, 0.6) is 0 Å². The smallest absolute Gasteiger partial charge is 0.326 e. The van der Waals surface area contributed by atoms with Gasteiger partial charge in [-0.1, -0.05) is 44.2 Å². The van der Waals surface area contributed by atoms with E-state index < -0.39 is 72.6 Å². The molecule has 198 valence electrons. The number of carboxylic acids is 3. The summed E-state index contributed by atoms with van der Waals surface area (Å²) in [5.74, 6) is -7.07. The van der Waals surface area contributed by atoms with Gasteiger partial charge in [0.2, 0.25) is 17.7 Å². The van der Waals surface area contributed by atoms with Crippen LogP contribution in [0.3, 0.4) is 0 Å². The van der Waals surface area contributed by atoms with Gasteiger partial charge in [-0.2, -0.15) is 0 Å². The summed E-state index contributed by atoms with van der Waals surface area (Å²) in [4.78, 5) is 71.8. The van der Waals surface area contributed by atoms with E-state index in [1.165, 1.54) is 0 Å². The Labute approximate surface area is 207 Å². The van der Waals surface area contributed by atoms with Gasteiger partial charge in [-0.15, -0.1) is 0 Å². The van der Waals surface area contributed by atoms with Gasteiger partial charge in [0.25, 0.3) is 0 Å². The topological polar surface area (TPSA) is 225 Å². The van der Waals surface area contributed by atoms with Crippen molar-refractivity contribution in [2.24, 2.45) is 11.7 Å². The van der Waals surface area contributed by atoms with Crippen molar-refractivity contribution in [2.75, 3.05) is 0 Å². The van der Waals surface area contributed by atoms with Gasteiger partial charge >= 0.3 is 17.9 Å². The zero-order chi connectivity index (χ0) is 27.4. The first-order valence-corrected chi connectivity index (χ1v) is 11.2. The lowest BCUT2D eigenvalue weighted by molar-refractivity contribution is -0.147. The molecule has 1 aromatic carbocycles. The quantitative estimate of drug-likeness (QED) is 0.154. The van der Waals surface area contributed by atoms with E-state index in [-0.39, 0.29) is 18.8 Å². The van der Waals surface area contributed by atoms with Gasteiger partial charge in [-0.05, 0) is 17.9 Å². The Morgan fingerprint density at radius 2 is 1.31 bits per heavy atom. The molecule has 0 aliphatic carbocycles. The second kappa shape index (κ2) is 14.4. The third-order valence-electron chi connectivity index (χ3n) is 5.21. The van der Waals surface area contributed by atoms with Crippen molar-refractivity contribution in [3.63, 3.8) is 0 Å². The van der Waals surface area contributed by atoms with E-state index in [9.17, 15) is 33.9 Å². The SMILES string of the molecule is CC(C)C(N)C(=O)NC(CCC(=O)O)C(=O)NC(Cc1ccccc1)C(=O)NC(CC(=O)O)C(=O)O. The third-order valence-corrected chi connectivity index (χ3v) is 5.21. The molecule has 8 N–H and O–H groups in total. The maximum atomic E-state index is 13.0. The van der Waals surface area contributed by atoms with Gasteiger partial charge in [-0.25, -0.2) is 4.79 Å². The van der Waals surface area contributed by atoms with Crippen LogP contribution in [0.15, 0.2) is 30.3 Å². The van der Waals surface area contributed by atoms with Crippen molar-refractivity contribution in [1.29, 1.82) is 0 Å². The number of benzene rings is 1. The van der Waals surface area contributed by atoms with Gasteiger partial charge in [0.05, 0.1) is 12.5 Å². The molecule has 0 aliphatic rings. The minimum Gasteiger partial charge on any atom is -0.481 e. The lowest BCUT2D eigenvalue weighted by Crippen LogP contribution is -2.58. The molecule has 1 rings (SSSR count). The molecule has 4 atom stereocenters. The number of carbonyl (C=O) groups is 6. The Kier molecular flexibility index (Phi) is 12.0. The number of hydrogen-bond acceptors (Lipinski definition) is 7. The van der Waals surface area contributed by atoms with Crippen molar-refractivity contribution < 1.29 is 44.1 Å². The van der Waals surface area contributed by atoms with Crippen LogP contribution in [0, 0.1) is 5.92 Å². The van der Waals surface area contributed by atoms with Crippen molar-refractivity contribution in [3.8, 4) is 0 Å². The Bertz CT molecular complexity index is 952. The van der Waals surface area contributed by atoms with E-state index in [0.29, 0.717) is 5.56 Å². The average Bonchev–Trinajstić information content (AvgIpc) is 2.80. The summed E-state index contributed by atoms with van der Waals surface area (Å²) in [6, 6.07) is 2.96. The molecular weight excluding hydrogens is 476 g/mol. The molecule has 36 heavy (non-hydrogen) atoms. The Morgan fingerprint density at radius 3 is 1.81 bits per heavy atom. The maximum absolute atomic E-state index is 13.0. The van der Waals surface area contributed by atoms with Crippen LogP contribution in [0.1, 0.15) is 38.7 Å². The van der Waals surface area contributed by atoms with Crippen LogP contribution in [0.4, 0.5) is 0 Å². The summed E-state index contributed by atoms with van der Waals surface area (Å²) >= 11 is 0. The lowest BCUT2D eigenvalue weighted by Gasteiger charge is -2.25. The van der Waals surface area contributed by atoms with Crippen LogP contribution in [-0.4, -0.2) is 75.1 Å². The normalized spacial score (nSPS) is 14.1. The first-order chi connectivity index (χ1) is 16.8. The first kappa shape index (κ1) is 30.0. The molecule has 0 fully saturated rings. The summed E-state index contributed by atoms with van der Waals surface area (Å²) in [5.41, 5.74) is 6.40. The van der Waals surface area contributed by atoms with E-state index in [2.05, 4.69) is 16.0 Å². The largest absolute Gasteiger partial charge is 0.481 e. The van der Waals surface area contributed by atoms with Gasteiger partial charge in [0.1, 0.15) is 18.1 Å². The molecule has 0 spiro atoms. The zero-order valence-electron chi connectivity index (χ0n) is 20.0. The van der Waals surface area contributed by atoms with Crippen LogP contribution in [0.25, 0.3) is 0 Å². The molecule has 0 saturated carbocycles. The van der Waals surface area contributed by atoms with E-state index in [4.69, 9.17) is 15.9 Å². The Balaban J connectivity index is 3.16. The fourth-order valence-corrected chi connectivity index (χ4v) is 3.09. The van der Waals surface area contributed by atoms with Gasteiger partial charge in [0, 0.05) is 12.8 Å². The fourth-order valence-electron chi connectivity index (χ4n) is 3.09. The molecular formula is C23H32N4O9. The molecule has 13 heteroatoms. The molecule has 0 radical (unpaired) electrons. The highest BCUT2D eigenvalue weighted by molar-refractivity contribution is 5.95. The highest BCUT2D eigenvalue weighted by atomic mass is 16.4. The van der Waals surface area contributed by atoms with Crippen LogP contribution in [-0.2, 0) is 35.2 Å². The number of carboxylic acid groups (broad SMARTS) is 3. The molecule has 13 nitrogen and oxygen atoms in total. The highest BCUT2D eigenvalue weighted by Gasteiger charge is 2.31. The number of rotatable bonds is 15. The first-order valence-electron chi connectivity index (χ1n) is 11.2. The van der Waals surface area contributed by atoms with Crippen molar-refractivity contribution >= 4 is 35.6 Å². The minimum absolute atomic E-state index is 0.0943. The van der Waals surface area contributed by atoms with Crippen LogP contribution in [0.2, 0.25) is 0 Å². The predicted octanol–water partition coefficient (Wildman–Crippen LogP) is -0.909. The van der Waals surface area contributed by atoms with E-state index in [0.717, 1.165) is 0 Å². The van der Waals surface area contributed by atoms with E-state index >= 15 is 0 Å². The fraction of sp³-hybridized carbons (Fsp3) is 0.478. The number of nitrogens with one attached hydrogen (secondary N) is 3. The zero-order valence-corrected chi connectivity index (χ0v) is 20.0. The Morgan fingerprint density at radius 1 is 0.778 bits per heavy atom. The standard InChI is InChI=1S/C23H32N4O9/c1-12(2)19(24)22(34)25-14(8-9-17(28)29)20(32)26-15(10-13-6-4-3-5-7-13)21(33)27-16(23(35)36)11-18(30)31/h3-7,12,14-16,19H,8-11,24H2,1-2H3,(H,25,34)(H,26,32)(H,27,33)(H,28,29)(H,30,31)(H,35,36). The highest BCUT2D eigenvalue weighted by Crippen LogP contribution is 2.08. The summed E-state index contributed by atoms with van der Waals surface area (Å²) in [6.45, 7) is 3.37. The van der Waals surface area contributed by atoms with Crippen molar-refractivity contribution in [2.45, 2.75) is 63.7 Å². The second-order valence-corrected chi connectivity index (χ2v) is 8.51. The van der Waals surface area contributed by atoms with Gasteiger partial charge in [0.15, 0.2) is 0 Å². The average molecular weight is 509 g/mol. The number of aliphatic carboxylic acids is 3. The molecule has 0 saturated heterocycles. The summed E-state index contributed by atoms with van der Waals surface area (Å²) in [7, 11) is 0. The molecule has 1 aromatic rings. The van der Waals surface area contributed by atoms with E-state index in [1.54, 1.807) is 44.2 Å². The predicted molar refractivity (Wildman–Crippen MR) is 126 cm³/mol. The summed E-state index contributed by atoms with van der Waals surface area (Å²) in [6.07, 6.45) is -1.75. The minimum atomic E-state index is -1.75. The molecule has 4 unspecified atom stereocenters. The molecule has 0 aliphatic heterocycles. The van der Waals surface area contributed by atoms with E-state index in [1.807, 2.05) is 0 Å². The summed E-state index contributed by atoms with van der Waals surface area (Å²) < 4.78 is 0. The number of amides is 3. The van der Waals surface area contributed by atoms with Crippen LogP contribution < -0.4 is 21.7 Å². The molecule has 3 amide bonds. The van der Waals surface area contributed by atoms with Crippen LogP contribution >= 0.6 is 0 Å². The van der Waals surface area contributed by atoms with Gasteiger partial charge < -0.3 is 37.0 Å². The Hall–Kier alpha value is -4.00. The monoisotopic (exact) mass is 508 g/mol. The number of hydrogen-bond donors (Lipinski definition) is 7. The third kappa shape index (κ3) is 10.5. The van der Waals surface area contributed by atoms with Crippen molar-refractivity contribution in [3.05, 3.63) is 35.9 Å². The lowest BCUT2D eigenvalue weighted by atomic mass is 10.0. The molecule has 0 bridgehead atoms. The second-order valence-electron chi connectivity index (χ2n) is 8.51.